The van der Waals surface area contributed by atoms with Crippen LogP contribution in [0.4, 0.5) is 0 Å². The standard InChI is InChI=1S/C10H19N/c1-7(2)6-11-10-5-8-3-4-9(8)10/h7-11H,3-6H2,1-2H3/t8-,9?,10-/m0/s1. The molecule has 2 aliphatic rings. The molecule has 11 heavy (non-hydrogen) atoms. The van der Waals surface area contributed by atoms with Gasteiger partial charge in [0.05, 0.1) is 0 Å². The van der Waals surface area contributed by atoms with Crippen LogP contribution in [0.3, 0.4) is 0 Å². The van der Waals surface area contributed by atoms with Crippen LogP contribution in [0.1, 0.15) is 33.1 Å². The van der Waals surface area contributed by atoms with E-state index in [0.717, 1.165) is 23.8 Å². The van der Waals surface area contributed by atoms with Crippen molar-refractivity contribution in [2.45, 2.75) is 39.2 Å². The summed E-state index contributed by atoms with van der Waals surface area (Å²) in [6.07, 6.45) is 4.49. The average Bonchev–Trinajstić information content (AvgIpc) is 1.92. The summed E-state index contributed by atoms with van der Waals surface area (Å²) >= 11 is 0. The van der Waals surface area contributed by atoms with Gasteiger partial charge in [-0.2, -0.15) is 0 Å². The Morgan fingerprint density at radius 2 is 2.18 bits per heavy atom. The summed E-state index contributed by atoms with van der Waals surface area (Å²) in [4.78, 5) is 0. The van der Waals surface area contributed by atoms with Gasteiger partial charge in [0.25, 0.3) is 0 Å². The Labute approximate surface area is 69.6 Å². The van der Waals surface area contributed by atoms with Crippen LogP contribution in [0.5, 0.6) is 0 Å². The molecule has 2 fully saturated rings. The van der Waals surface area contributed by atoms with Gasteiger partial charge < -0.3 is 5.32 Å². The zero-order valence-electron chi connectivity index (χ0n) is 7.64. The normalized spacial score (nSPS) is 41.2. The van der Waals surface area contributed by atoms with Gasteiger partial charge in [0.2, 0.25) is 0 Å². The fraction of sp³-hybridized carbons (Fsp3) is 1.00. The summed E-state index contributed by atoms with van der Waals surface area (Å²) in [5.74, 6) is 3.02. The first kappa shape index (κ1) is 7.60. The molecule has 1 nitrogen and oxygen atoms in total. The lowest BCUT2D eigenvalue weighted by Gasteiger charge is -2.53. The molecular formula is C10H19N. The topological polar surface area (TPSA) is 12.0 Å². The molecule has 0 aromatic rings. The van der Waals surface area contributed by atoms with E-state index in [1.54, 1.807) is 0 Å². The zero-order valence-corrected chi connectivity index (χ0v) is 7.64. The van der Waals surface area contributed by atoms with Crippen LogP contribution in [-0.2, 0) is 0 Å². The van der Waals surface area contributed by atoms with Crippen LogP contribution in [-0.4, -0.2) is 12.6 Å². The van der Waals surface area contributed by atoms with Crippen molar-refractivity contribution >= 4 is 0 Å². The van der Waals surface area contributed by atoms with Gasteiger partial charge in [0, 0.05) is 6.04 Å². The van der Waals surface area contributed by atoms with E-state index >= 15 is 0 Å². The van der Waals surface area contributed by atoms with Gasteiger partial charge in [0.1, 0.15) is 0 Å². The summed E-state index contributed by atoms with van der Waals surface area (Å²) in [6, 6.07) is 0.899. The second-order valence-corrected chi connectivity index (χ2v) is 4.65. The lowest BCUT2D eigenvalue weighted by atomic mass is 9.56. The fourth-order valence-electron chi connectivity index (χ4n) is 2.34. The molecule has 0 heterocycles. The summed E-state index contributed by atoms with van der Waals surface area (Å²) in [6.45, 7) is 5.78. The third kappa shape index (κ3) is 1.31. The van der Waals surface area contributed by atoms with Crippen LogP contribution in [0, 0.1) is 17.8 Å². The highest BCUT2D eigenvalue weighted by Crippen LogP contribution is 2.49. The molecule has 1 heteroatoms. The largest absolute Gasteiger partial charge is 0.313 e. The van der Waals surface area contributed by atoms with Gasteiger partial charge in [0.15, 0.2) is 0 Å². The molecule has 2 aliphatic carbocycles. The second kappa shape index (κ2) is 2.78. The van der Waals surface area contributed by atoms with Crippen molar-refractivity contribution in [3.8, 4) is 0 Å². The Bertz CT molecular complexity index is 142. The van der Waals surface area contributed by atoms with E-state index < -0.39 is 0 Å². The van der Waals surface area contributed by atoms with E-state index in [4.69, 9.17) is 0 Å². The second-order valence-electron chi connectivity index (χ2n) is 4.65. The number of hydrogen-bond acceptors (Lipinski definition) is 1. The van der Waals surface area contributed by atoms with E-state index in [9.17, 15) is 0 Å². The predicted octanol–water partition coefficient (Wildman–Crippen LogP) is 2.03. The van der Waals surface area contributed by atoms with Crippen molar-refractivity contribution in [3.63, 3.8) is 0 Å². The van der Waals surface area contributed by atoms with Crippen molar-refractivity contribution in [2.75, 3.05) is 6.54 Å². The molecule has 64 valence electrons. The number of rotatable bonds is 3. The molecule has 3 atom stereocenters. The van der Waals surface area contributed by atoms with Crippen LogP contribution >= 0.6 is 0 Å². The minimum atomic E-state index is 0.814. The van der Waals surface area contributed by atoms with E-state index in [2.05, 4.69) is 19.2 Å². The van der Waals surface area contributed by atoms with Gasteiger partial charge in [-0.3, -0.25) is 0 Å². The maximum Gasteiger partial charge on any atom is 0.0101 e. The maximum atomic E-state index is 3.65. The molecule has 0 amide bonds. The van der Waals surface area contributed by atoms with E-state index in [0.29, 0.717) is 0 Å². The molecule has 0 aromatic heterocycles. The third-order valence-corrected chi connectivity index (χ3v) is 3.34. The molecule has 0 saturated heterocycles. The molecule has 1 unspecified atom stereocenters. The van der Waals surface area contributed by atoms with Crippen LogP contribution < -0.4 is 5.32 Å². The summed E-state index contributed by atoms with van der Waals surface area (Å²) in [5.41, 5.74) is 0. The predicted molar refractivity (Wildman–Crippen MR) is 47.5 cm³/mol. The molecular weight excluding hydrogens is 134 g/mol. The Balaban J connectivity index is 1.65. The van der Waals surface area contributed by atoms with Gasteiger partial charge in [-0.05, 0) is 43.6 Å². The molecule has 0 aliphatic heterocycles. The first-order valence-corrected chi connectivity index (χ1v) is 5.00. The molecule has 0 spiro atoms. The summed E-state index contributed by atoms with van der Waals surface area (Å²) in [5, 5.41) is 3.65. The van der Waals surface area contributed by atoms with Gasteiger partial charge in [-0.1, -0.05) is 13.8 Å². The summed E-state index contributed by atoms with van der Waals surface area (Å²) in [7, 11) is 0. The van der Waals surface area contributed by atoms with Crippen LogP contribution in [0.2, 0.25) is 0 Å². The van der Waals surface area contributed by atoms with Gasteiger partial charge >= 0.3 is 0 Å². The van der Waals surface area contributed by atoms with Gasteiger partial charge in [-0.15, -0.1) is 0 Å². The Morgan fingerprint density at radius 1 is 1.36 bits per heavy atom. The Kier molecular flexibility index (Phi) is 1.92. The first-order chi connectivity index (χ1) is 5.27. The quantitative estimate of drug-likeness (QED) is 0.654. The highest BCUT2D eigenvalue weighted by Gasteiger charge is 2.46. The molecule has 2 rings (SSSR count). The number of nitrogens with one attached hydrogen (secondary N) is 1. The van der Waals surface area contributed by atoms with E-state index in [1.807, 2.05) is 0 Å². The van der Waals surface area contributed by atoms with Crippen LogP contribution in [0.15, 0.2) is 0 Å². The van der Waals surface area contributed by atoms with Crippen LogP contribution in [0.25, 0.3) is 0 Å². The van der Waals surface area contributed by atoms with Crippen molar-refractivity contribution < 1.29 is 0 Å². The minimum Gasteiger partial charge on any atom is -0.313 e. The highest BCUT2D eigenvalue weighted by molar-refractivity contribution is 5.00. The number of hydrogen-bond donors (Lipinski definition) is 1. The maximum absolute atomic E-state index is 3.65. The average molecular weight is 153 g/mol. The summed E-state index contributed by atoms with van der Waals surface area (Å²) < 4.78 is 0. The van der Waals surface area contributed by atoms with E-state index in [1.165, 1.54) is 25.8 Å². The molecule has 0 bridgehead atoms. The van der Waals surface area contributed by atoms with Crippen molar-refractivity contribution in [1.82, 2.24) is 5.32 Å². The van der Waals surface area contributed by atoms with E-state index in [-0.39, 0.29) is 0 Å². The lowest BCUT2D eigenvalue weighted by molar-refractivity contribution is 0.00434. The molecule has 1 N–H and O–H groups in total. The fourth-order valence-corrected chi connectivity index (χ4v) is 2.34. The molecule has 0 aromatic carbocycles. The van der Waals surface area contributed by atoms with Crippen molar-refractivity contribution in [1.29, 1.82) is 0 Å². The zero-order chi connectivity index (χ0) is 7.84. The van der Waals surface area contributed by atoms with Crippen molar-refractivity contribution in [2.24, 2.45) is 17.8 Å². The number of fused-ring (bicyclic) bond motifs is 1. The minimum absolute atomic E-state index is 0.814. The Morgan fingerprint density at radius 3 is 2.55 bits per heavy atom. The molecule has 2 saturated carbocycles. The van der Waals surface area contributed by atoms with Gasteiger partial charge in [-0.25, -0.2) is 0 Å². The smallest absolute Gasteiger partial charge is 0.0101 e. The Hall–Kier alpha value is -0.0400. The monoisotopic (exact) mass is 153 g/mol. The highest BCUT2D eigenvalue weighted by atomic mass is 15.0. The SMILES string of the molecule is CC(C)CN[C@H]1C[C@@H]2CCC21. The first-order valence-electron chi connectivity index (χ1n) is 5.00. The molecule has 0 radical (unpaired) electrons. The van der Waals surface area contributed by atoms with Crippen molar-refractivity contribution in [3.05, 3.63) is 0 Å². The lowest BCUT2D eigenvalue weighted by Crippen LogP contribution is -2.56. The third-order valence-electron chi connectivity index (χ3n) is 3.34.